The number of hydrogen-bond donors (Lipinski definition) is 1. The zero-order chi connectivity index (χ0) is 11.1. The van der Waals surface area contributed by atoms with Crippen LogP contribution in [0.2, 0.25) is 0 Å². The number of rotatable bonds is 6. The van der Waals surface area contributed by atoms with E-state index in [1.807, 2.05) is 6.92 Å². The molecular weight excluding hydrogens is 212 g/mol. The minimum absolute atomic E-state index is 0.0687. The Bertz CT molecular complexity index is 202. The van der Waals surface area contributed by atoms with Crippen molar-refractivity contribution in [3.8, 4) is 0 Å². The normalized spacial score (nSPS) is 22.9. The monoisotopic (exact) mass is 232 g/mol. The minimum Gasteiger partial charge on any atom is -0.391 e. The van der Waals surface area contributed by atoms with E-state index < -0.39 is 0 Å². The highest BCUT2D eigenvalue weighted by Crippen LogP contribution is 2.06. The smallest absolute Gasteiger partial charge is 0.120 e. The maximum absolute atomic E-state index is 5.56. The van der Waals surface area contributed by atoms with Crippen LogP contribution >= 0.6 is 12.2 Å². The Balaban J connectivity index is 2.15. The predicted octanol–water partition coefficient (Wildman–Crippen LogP) is 0.400. The van der Waals surface area contributed by atoms with Crippen molar-refractivity contribution in [2.75, 3.05) is 39.5 Å². The number of morpholine rings is 1. The van der Waals surface area contributed by atoms with Crippen LogP contribution in [0, 0.1) is 0 Å². The van der Waals surface area contributed by atoms with Gasteiger partial charge in [-0.3, -0.25) is 4.90 Å². The number of thiocarbonyl (C=S) groups is 1. The molecule has 0 saturated carbocycles. The van der Waals surface area contributed by atoms with E-state index >= 15 is 0 Å². The largest absolute Gasteiger partial charge is 0.391 e. The molecule has 1 rings (SSSR count). The van der Waals surface area contributed by atoms with Crippen LogP contribution in [-0.4, -0.2) is 55.4 Å². The molecule has 0 spiro atoms. The minimum atomic E-state index is -0.0687. The van der Waals surface area contributed by atoms with Crippen molar-refractivity contribution in [2.45, 2.75) is 19.4 Å². The van der Waals surface area contributed by atoms with Crippen molar-refractivity contribution in [1.82, 2.24) is 4.90 Å². The number of ether oxygens (including phenoxy) is 2. The summed E-state index contributed by atoms with van der Waals surface area (Å²) in [6.45, 7) is 7.16. The Hall–Kier alpha value is -0.230. The van der Waals surface area contributed by atoms with Gasteiger partial charge in [0.1, 0.15) is 11.1 Å². The molecular formula is C10H20N2O2S. The quantitative estimate of drug-likeness (QED) is 0.530. The summed E-state index contributed by atoms with van der Waals surface area (Å²) in [4.78, 5) is 2.79. The zero-order valence-electron chi connectivity index (χ0n) is 9.28. The second kappa shape index (κ2) is 7.11. The predicted molar refractivity (Wildman–Crippen MR) is 64.1 cm³/mol. The second-order valence-electron chi connectivity index (χ2n) is 3.61. The Labute approximate surface area is 96.7 Å². The third-order valence-electron chi connectivity index (χ3n) is 2.44. The molecule has 1 atom stereocenters. The average Bonchev–Trinajstić information content (AvgIpc) is 2.25. The van der Waals surface area contributed by atoms with Gasteiger partial charge in [0.2, 0.25) is 0 Å². The summed E-state index contributed by atoms with van der Waals surface area (Å²) < 4.78 is 10.7. The fraction of sp³-hybridized carbons (Fsp3) is 0.900. The third-order valence-corrected chi connectivity index (χ3v) is 2.70. The fourth-order valence-corrected chi connectivity index (χ4v) is 1.75. The van der Waals surface area contributed by atoms with E-state index in [0.717, 1.165) is 45.9 Å². The van der Waals surface area contributed by atoms with Crippen LogP contribution < -0.4 is 5.73 Å². The molecule has 1 heterocycles. The van der Waals surface area contributed by atoms with E-state index in [0.29, 0.717) is 4.99 Å². The van der Waals surface area contributed by atoms with Crippen molar-refractivity contribution in [2.24, 2.45) is 5.73 Å². The van der Waals surface area contributed by atoms with Crippen LogP contribution in [0.1, 0.15) is 13.3 Å². The lowest BCUT2D eigenvalue weighted by Gasteiger charge is -2.32. The molecule has 1 unspecified atom stereocenters. The van der Waals surface area contributed by atoms with Crippen molar-refractivity contribution in [1.29, 1.82) is 0 Å². The lowest BCUT2D eigenvalue weighted by atomic mass is 10.2. The maximum Gasteiger partial charge on any atom is 0.120 e. The van der Waals surface area contributed by atoms with Crippen molar-refractivity contribution >= 4 is 17.2 Å². The molecule has 0 radical (unpaired) electrons. The highest BCUT2D eigenvalue weighted by Gasteiger charge is 2.21. The molecule has 0 amide bonds. The maximum atomic E-state index is 5.56. The van der Waals surface area contributed by atoms with Crippen LogP contribution in [0.15, 0.2) is 0 Å². The van der Waals surface area contributed by atoms with Gasteiger partial charge in [0.15, 0.2) is 0 Å². The highest BCUT2D eigenvalue weighted by atomic mass is 32.1. The van der Waals surface area contributed by atoms with Gasteiger partial charge in [-0.15, -0.1) is 0 Å². The first-order valence-corrected chi connectivity index (χ1v) is 5.86. The molecule has 1 aliphatic heterocycles. The number of nitrogens with zero attached hydrogens (tertiary/aromatic N) is 1. The highest BCUT2D eigenvalue weighted by molar-refractivity contribution is 7.80. The van der Waals surface area contributed by atoms with E-state index in [4.69, 9.17) is 27.4 Å². The van der Waals surface area contributed by atoms with Crippen LogP contribution in [-0.2, 0) is 9.47 Å². The van der Waals surface area contributed by atoms with Gasteiger partial charge in [-0.2, -0.15) is 0 Å². The topological polar surface area (TPSA) is 47.7 Å². The second-order valence-corrected chi connectivity index (χ2v) is 4.08. The Morgan fingerprint density at radius 3 is 3.13 bits per heavy atom. The molecule has 4 nitrogen and oxygen atoms in total. The molecule has 0 bridgehead atoms. The van der Waals surface area contributed by atoms with Crippen LogP contribution in [0.5, 0.6) is 0 Å². The number of nitrogens with two attached hydrogens (primary N) is 1. The Morgan fingerprint density at radius 2 is 2.47 bits per heavy atom. The summed E-state index contributed by atoms with van der Waals surface area (Å²) in [7, 11) is 0. The standard InChI is InChI=1S/C10H20N2O2S/c1-2-13-6-3-4-12-5-7-14-9(8-12)10(11)15/h9H,2-8H2,1H3,(H2,11,15). The summed E-state index contributed by atoms with van der Waals surface area (Å²) in [5.41, 5.74) is 5.56. The first-order chi connectivity index (χ1) is 7.24. The summed E-state index contributed by atoms with van der Waals surface area (Å²) >= 11 is 4.92. The van der Waals surface area contributed by atoms with E-state index in [1.165, 1.54) is 0 Å². The van der Waals surface area contributed by atoms with Crippen LogP contribution in [0.3, 0.4) is 0 Å². The van der Waals surface area contributed by atoms with E-state index in [9.17, 15) is 0 Å². The Morgan fingerprint density at radius 1 is 1.67 bits per heavy atom. The van der Waals surface area contributed by atoms with Gasteiger partial charge in [-0.25, -0.2) is 0 Å². The third kappa shape index (κ3) is 4.88. The molecule has 1 saturated heterocycles. The summed E-state index contributed by atoms with van der Waals surface area (Å²) in [5.74, 6) is 0. The molecule has 1 aliphatic rings. The molecule has 0 aromatic carbocycles. The lowest BCUT2D eigenvalue weighted by Crippen LogP contribution is -2.48. The van der Waals surface area contributed by atoms with Gasteiger partial charge in [0.05, 0.1) is 6.61 Å². The molecule has 0 aromatic rings. The van der Waals surface area contributed by atoms with Gasteiger partial charge in [0, 0.05) is 32.8 Å². The van der Waals surface area contributed by atoms with Crippen molar-refractivity contribution in [3.05, 3.63) is 0 Å². The molecule has 88 valence electrons. The average molecular weight is 232 g/mol. The van der Waals surface area contributed by atoms with Gasteiger partial charge >= 0.3 is 0 Å². The van der Waals surface area contributed by atoms with Crippen molar-refractivity contribution < 1.29 is 9.47 Å². The first-order valence-electron chi connectivity index (χ1n) is 5.45. The van der Waals surface area contributed by atoms with E-state index in [1.54, 1.807) is 0 Å². The van der Waals surface area contributed by atoms with Gasteiger partial charge < -0.3 is 15.2 Å². The SMILES string of the molecule is CCOCCCN1CCOC(C(N)=S)C1. The van der Waals surface area contributed by atoms with Gasteiger partial charge in [-0.05, 0) is 13.3 Å². The molecule has 0 aliphatic carbocycles. The molecule has 15 heavy (non-hydrogen) atoms. The molecule has 2 N–H and O–H groups in total. The van der Waals surface area contributed by atoms with Gasteiger partial charge in [-0.1, -0.05) is 12.2 Å². The van der Waals surface area contributed by atoms with Crippen molar-refractivity contribution in [3.63, 3.8) is 0 Å². The number of hydrogen-bond acceptors (Lipinski definition) is 4. The van der Waals surface area contributed by atoms with Crippen LogP contribution in [0.25, 0.3) is 0 Å². The van der Waals surface area contributed by atoms with E-state index in [2.05, 4.69) is 4.90 Å². The molecule has 0 aromatic heterocycles. The Kier molecular flexibility index (Phi) is 6.09. The first kappa shape index (κ1) is 12.8. The summed E-state index contributed by atoms with van der Waals surface area (Å²) in [6.07, 6.45) is 0.985. The summed E-state index contributed by atoms with van der Waals surface area (Å²) in [6, 6.07) is 0. The lowest BCUT2D eigenvalue weighted by molar-refractivity contribution is 0.00375. The molecule has 1 fully saturated rings. The van der Waals surface area contributed by atoms with Gasteiger partial charge in [0.25, 0.3) is 0 Å². The zero-order valence-corrected chi connectivity index (χ0v) is 10.1. The molecule has 5 heteroatoms. The summed E-state index contributed by atoms with van der Waals surface area (Å²) in [5, 5.41) is 0. The van der Waals surface area contributed by atoms with E-state index in [-0.39, 0.29) is 6.10 Å². The fourth-order valence-electron chi connectivity index (χ4n) is 1.61. The van der Waals surface area contributed by atoms with Crippen LogP contribution in [0.4, 0.5) is 0 Å².